The van der Waals surface area contributed by atoms with Gasteiger partial charge in [0.1, 0.15) is 11.5 Å². The first-order chi connectivity index (χ1) is 9.15. The van der Waals surface area contributed by atoms with Gasteiger partial charge in [0.05, 0.1) is 17.7 Å². The Morgan fingerprint density at radius 3 is 2.42 bits per heavy atom. The lowest BCUT2D eigenvalue weighted by Gasteiger charge is -2.27. The van der Waals surface area contributed by atoms with Crippen molar-refractivity contribution in [3.8, 4) is 6.07 Å². The normalized spacial score (nSPS) is 11.9. The van der Waals surface area contributed by atoms with Gasteiger partial charge < -0.3 is 15.1 Å². The molecule has 4 nitrogen and oxygen atoms in total. The van der Waals surface area contributed by atoms with Gasteiger partial charge in [-0.15, -0.1) is 0 Å². The Labute approximate surface area is 113 Å². The fourth-order valence-electron chi connectivity index (χ4n) is 2.05. The molecule has 4 heteroatoms. The monoisotopic (exact) mass is 255 g/mol. The molecule has 19 heavy (non-hydrogen) atoms. The van der Waals surface area contributed by atoms with Crippen LogP contribution in [0.15, 0.2) is 40.8 Å². The van der Waals surface area contributed by atoms with E-state index in [0.717, 1.165) is 17.2 Å². The van der Waals surface area contributed by atoms with Crippen LogP contribution >= 0.6 is 0 Å². The second-order valence-corrected chi connectivity index (χ2v) is 4.47. The Balaban J connectivity index is 2.25. The third-order valence-electron chi connectivity index (χ3n) is 3.18. The molecule has 1 heterocycles. The molecule has 98 valence electrons. The zero-order valence-corrected chi connectivity index (χ0v) is 11.1. The van der Waals surface area contributed by atoms with Crippen LogP contribution in [0.4, 0.5) is 5.69 Å². The predicted molar refractivity (Wildman–Crippen MR) is 74.8 cm³/mol. The van der Waals surface area contributed by atoms with E-state index in [9.17, 15) is 0 Å². The van der Waals surface area contributed by atoms with Gasteiger partial charge in [-0.2, -0.15) is 5.26 Å². The van der Waals surface area contributed by atoms with Crippen molar-refractivity contribution in [2.24, 2.45) is 5.73 Å². The maximum absolute atomic E-state index is 8.80. The molecule has 0 amide bonds. The van der Waals surface area contributed by atoms with Gasteiger partial charge in [0.2, 0.25) is 0 Å². The number of likely N-dealkylation sites (N-methyl/N-ethyl adjacent to an activating group) is 1. The predicted octanol–water partition coefficient (Wildman–Crippen LogP) is 2.60. The van der Waals surface area contributed by atoms with Gasteiger partial charge in [-0.05, 0) is 43.3 Å². The molecule has 2 N–H and O–H groups in total. The summed E-state index contributed by atoms with van der Waals surface area (Å²) in [6.45, 7) is 2.38. The highest BCUT2D eigenvalue weighted by Crippen LogP contribution is 2.26. The molecule has 0 saturated heterocycles. The summed E-state index contributed by atoms with van der Waals surface area (Å²) in [6.07, 6.45) is 0. The molecule has 0 radical (unpaired) electrons. The number of hydrogen-bond donors (Lipinski definition) is 1. The molecule has 0 aliphatic carbocycles. The largest absolute Gasteiger partial charge is 0.464 e. The summed E-state index contributed by atoms with van der Waals surface area (Å²) in [6, 6.07) is 13.4. The topological polar surface area (TPSA) is 66.2 Å². The first-order valence-electron chi connectivity index (χ1n) is 6.15. The molecule has 0 saturated carbocycles. The van der Waals surface area contributed by atoms with Gasteiger partial charge in [-0.3, -0.25) is 0 Å². The molecule has 1 atom stereocenters. The second kappa shape index (κ2) is 5.59. The molecule has 1 aromatic heterocycles. The standard InChI is InChI=1S/C15H17N3O/c1-11-3-8-15(19-11)14(10-17)18(2)13-6-4-12(9-16)5-7-13/h3-8,14H,10,17H2,1-2H3. The molecular weight excluding hydrogens is 238 g/mol. The third kappa shape index (κ3) is 2.78. The lowest BCUT2D eigenvalue weighted by molar-refractivity contribution is 0.441. The highest BCUT2D eigenvalue weighted by Gasteiger charge is 2.19. The lowest BCUT2D eigenvalue weighted by Crippen LogP contribution is -2.30. The lowest BCUT2D eigenvalue weighted by atomic mass is 10.1. The van der Waals surface area contributed by atoms with Crippen LogP contribution in [0.5, 0.6) is 0 Å². The van der Waals surface area contributed by atoms with Crippen LogP contribution in [0, 0.1) is 18.3 Å². The summed E-state index contributed by atoms with van der Waals surface area (Å²) in [5.41, 5.74) is 7.51. The minimum Gasteiger partial charge on any atom is -0.464 e. The van der Waals surface area contributed by atoms with Crippen LogP contribution in [0.25, 0.3) is 0 Å². The highest BCUT2D eigenvalue weighted by atomic mass is 16.3. The van der Waals surface area contributed by atoms with E-state index in [2.05, 4.69) is 11.0 Å². The molecule has 0 bridgehead atoms. The molecular formula is C15H17N3O. The van der Waals surface area contributed by atoms with Crippen LogP contribution in [0.3, 0.4) is 0 Å². The van der Waals surface area contributed by atoms with E-state index < -0.39 is 0 Å². The van der Waals surface area contributed by atoms with Gasteiger partial charge >= 0.3 is 0 Å². The zero-order chi connectivity index (χ0) is 13.8. The van der Waals surface area contributed by atoms with E-state index in [1.165, 1.54) is 0 Å². The van der Waals surface area contributed by atoms with Crippen LogP contribution in [-0.4, -0.2) is 13.6 Å². The molecule has 1 aromatic carbocycles. The SMILES string of the molecule is Cc1ccc(C(CN)N(C)c2ccc(C#N)cc2)o1. The van der Waals surface area contributed by atoms with Crippen LogP contribution in [0.1, 0.15) is 23.1 Å². The van der Waals surface area contributed by atoms with Crippen molar-refractivity contribution in [1.82, 2.24) is 0 Å². The minimum absolute atomic E-state index is 0.0124. The van der Waals surface area contributed by atoms with Gasteiger partial charge in [-0.1, -0.05) is 0 Å². The molecule has 2 aromatic rings. The van der Waals surface area contributed by atoms with Crippen molar-refractivity contribution < 1.29 is 4.42 Å². The number of nitrogens with two attached hydrogens (primary N) is 1. The average molecular weight is 255 g/mol. The molecule has 0 aliphatic heterocycles. The van der Waals surface area contributed by atoms with Crippen LogP contribution in [-0.2, 0) is 0 Å². The summed E-state index contributed by atoms with van der Waals surface area (Å²) < 4.78 is 5.65. The zero-order valence-electron chi connectivity index (χ0n) is 11.1. The van der Waals surface area contributed by atoms with Gasteiger partial charge in [0.15, 0.2) is 0 Å². The average Bonchev–Trinajstić information content (AvgIpc) is 2.86. The first kappa shape index (κ1) is 13.2. The van der Waals surface area contributed by atoms with Crippen LogP contribution < -0.4 is 10.6 Å². The summed E-state index contributed by atoms with van der Waals surface area (Å²) in [4.78, 5) is 2.05. The van der Waals surface area contributed by atoms with Crippen molar-refractivity contribution in [3.05, 3.63) is 53.5 Å². The van der Waals surface area contributed by atoms with Gasteiger partial charge in [0.25, 0.3) is 0 Å². The molecule has 2 rings (SSSR count). The van der Waals surface area contributed by atoms with Gasteiger partial charge in [0, 0.05) is 19.3 Å². The van der Waals surface area contributed by atoms with E-state index >= 15 is 0 Å². The number of aryl methyl sites for hydroxylation is 1. The maximum atomic E-state index is 8.80. The van der Waals surface area contributed by atoms with Crippen molar-refractivity contribution in [2.75, 3.05) is 18.5 Å². The number of nitrogens with zero attached hydrogens (tertiary/aromatic N) is 2. The number of hydrogen-bond acceptors (Lipinski definition) is 4. The summed E-state index contributed by atoms with van der Waals surface area (Å²) in [7, 11) is 1.97. The van der Waals surface area contributed by atoms with Gasteiger partial charge in [-0.25, -0.2) is 0 Å². The van der Waals surface area contributed by atoms with E-state index in [4.69, 9.17) is 15.4 Å². The highest BCUT2D eigenvalue weighted by molar-refractivity contribution is 5.50. The quantitative estimate of drug-likeness (QED) is 0.912. The number of furan rings is 1. The Kier molecular flexibility index (Phi) is 3.88. The Bertz CT molecular complexity index is 580. The Morgan fingerprint density at radius 1 is 1.26 bits per heavy atom. The van der Waals surface area contributed by atoms with E-state index in [-0.39, 0.29) is 6.04 Å². The van der Waals surface area contributed by atoms with E-state index in [0.29, 0.717) is 12.1 Å². The Morgan fingerprint density at radius 2 is 1.95 bits per heavy atom. The summed E-state index contributed by atoms with van der Waals surface area (Å²) in [5.74, 6) is 1.73. The number of rotatable bonds is 4. The molecule has 0 fully saturated rings. The van der Waals surface area contributed by atoms with E-state index in [1.54, 1.807) is 12.1 Å². The van der Waals surface area contributed by atoms with Crippen molar-refractivity contribution >= 4 is 5.69 Å². The Hall–Kier alpha value is -2.25. The van der Waals surface area contributed by atoms with Crippen molar-refractivity contribution in [1.29, 1.82) is 5.26 Å². The molecule has 1 unspecified atom stereocenters. The number of benzene rings is 1. The van der Waals surface area contributed by atoms with E-state index in [1.807, 2.05) is 38.2 Å². The number of nitriles is 1. The van der Waals surface area contributed by atoms with Crippen molar-refractivity contribution in [3.63, 3.8) is 0 Å². The summed E-state index contributed by atoms with van der Waals surface area (Å²) >= 11 is 0. The fraction of sp³-hybridized carbons (Fsp3) is 0.267. The molecule has 0 aliphatic rings. The minimum atomic E-state index is -0.0124. The third-order valence-corrected chi connectivity index (χ3v) is 3.18. The summed E-state index contributed by atoms with van der Waals surface area (Å²) in [5, 5.41) is 8.80. The van der Waals surface area contributed by atoms with Crippen LogP contribution in [0.2, 0.25) is 0 Å². The second-order valence-electron chi connectivity index (χ2n) is 4.47. The molecule has 0 spiro atoms. The van der Waals surface area contributed by atoms with Crippen molar-refractivity contribution in [2.45, 2.75) is 13.0 Å². The smallest absolute Gasteiger partial charge is 0.127 e. The first-order valence-corrected chi connectivity index (χ1v) is 6.15. The maximum Gasteiger partial charge on any atom is 0.127 e. The number of anilines is 1. The fourth-order valence-corrected chi connectivity index (χ4v) is 2.05.